The normalized spacial score (nSPS) is 15.9. The fourth-order valence-corrected chi connectivity index (χ4v) is 1.10. The fourth-order valence-electron chi connectivity index (χ4n) is 1.10. The van der Waals surface area contributed by atoms with Crippen molar-refractivity contribution in [1.29, 1.82) is 0 Å². The molecule has 1 aromatic heterocycles. The first-order valence-electron chi connectivity index (χ1n) is 4.10. The minimum absolute atomic E-state index is 0.0642. The van der Waals surface area contributed by atoms with E-state index in [1.807, 2.05) is 0 Å². The molecule has 0 saturated heterocycles. The predicted molar refractivity (Wildman–Crippen MR) is 45.6 cm³/mol. The number of hydrogen-bond donors (Lipinski definition) is 1. The van der Waals surface area contributed by atoms with Crippen LogP contribution in [0.4, 0.5) is 4.39 Å². The highest BCUT2D eigenvalue weighted by molar-refractivity contribution is 5.09. The van der Waals surface area contributed by atoms with Crippen LogP contribution in [0.2, 0.25) is 0 Å². The van der Waals surface area contributed by atoms with Gasteiger partial charge in [-0.05, 0) is 18.1 Å². The van der Waals surface area contributed by atoms with Crippen LogP contribution in [0.5, 0.6) is 0 Å². The molecule has 0 aliphatic rings. The Morgan fingerprint density at radius 1 is 1.67 bits per heavy atom. The van der Waals surface area contributed by atoms with E-state index in [0.717, 1.165) is 5.56 Å². The van der Waals surface area contributed by atoms with Gasteiger partial charge in [0.2, 0.25) is 0 Å². The van der Waals surface area contributed by atoms with Crippen molar-refractivity contribution < 1.29 is 8.81 Å². The standard InChI is InChI=1S/C9H14FNO/c1-2-9(10,7-11)5-8-3-4-12-6-8/h3-4,6H,2,5,7,11H2,1H3. The van der Waals surface area contributed by atoms with Crippen LogP contribution >= 0.6 is 0 Å². The fraction of sp³-hybridized carbons (Fsp3) is 0.556. The summed E-state index contributed by atoms with van der Waals surface area (Å²) in [5.74, 6) is 0. The van der Waals surface area contributed by atoms with Gasteiger partial charge in [0.15, 0.2) is 0 Å². The second-order valence-corrected chi connectivity index (χ2v) is 3.02. The minimum atomic E-state index is -1.27. The summed E-state index contributed by atoms with van der Waals surface area (Å²) in [6.45, 7) is 1.86. The average Bonchev–Trinajstić information content (AvgIpc) is 2.57. The summed E-state index contributed by atoms with van der Waals surface area (Å²) in [6.07, 6.45) is 3.88. The molecule has 0 amide bonds. The van der Waals surface area contributed by atoms with Gasteiger partial charge in [-0.1, -0.05) is 6.92 Å². The Hall–Kier alpha value is -0.830. The Balaban J connectivity index is 2.60. The summed E-state index contributed by atoms with van der Waals surface area (Å²) >= 11 is 0. The van der Waals surface area contributed by atoms with Crippen molar-refractivity contribution in [3.05, 3.63) is 24.2 Å². The molecule has 1 heterocycles. The van der Waals surface area contributed by atoms with Crippen molar-refractivity contribution in [2.75, 3.05) is 6.54 Å². The van der Waals surface area contributed by atoms with Crippen LogP contribution in [0.3, 0.4) is 0 Å². The summed E-state index contributed by atoms with van der Waals surface area (Å²) in [4.78, 5) is 0. The molecule has 1 atom stereocenters. The lowest BCUT2D eigenvalue weighted by Crippen LogP contribution is -2.34. The number of furan rings is 1. The SMILES string of the molecule is CCC(F)(CN)Cc1ccoc1. The summed E-state index contributed by atoms with van der Waals surface area (Å²) < 4.78 is 18.5. The molecule has 0 saturated carbocycles. The van der Waals surface area contributed by atoms with Crippen molar-refractivity contribution in [2.24, 2.45) is 5.73 Å². The number of hydrogen-bond acceptors (Lipinski definition) is 2. The summed E-state index contributed by atoms with van der Waals surface area (Å²) in [6, 6.07) is 1.76. The van der Waals surface area contributed by atoms with E-state index in [0.29, 0.717) is 12.8 Å². The lowest BCUT2D eigenvalue weighted by molar-refractivity contribution is 0.167. The van der Waals surface area contributed by atoms with E-state index in [1.165, 1.54) is 0 Å². The molecule has 68 valence electrons. The van der Waals surface area contributed by atoms with E-state index >= 15 is 0 Å². The Morgan fingerprint density at radius 2 is 2.42 bits per heavy atom. The van der Waals surface area contributed by atoms with Crippen LogP contribution in [0.1, 0.15) is 18.9 Å². The second kappa shape index (κ2) is 3.72. The van der Waals surface area contributed by atoms with E-state index in [2.05, 4.69) is 0 Å². The molecule has 0 aromatic carbocycles. The van der Waals surface area contributed by atoms with Gasteiger partial charge in [0, 0.05) is 13.0 Å². The summed E-state index contributed by atoms with van der Waals surface area (Å²) in [5, 5.41) is 0. The highest BCUT2D eigenvalue weighted by Crippen LogP contribution is 2.20. The maximum absolute atomic E-state index is 13.6. The van der Waals surface area contributed by atoms with Gasteiger partial charge in [-0.25, -0.2) is 4.39 Å². The maximum atomic E-state index is 13.6. The zero-order valence-corrected chi connectivity index (χ0v) is 7.22. The highest BCUT2D eigenvalue weighted by Gasteiger charge is 2.26. The van der Waals surface area contributed by atoms with Gasteiger partial charge in [-0.3, -0.25) is 0 Å². The van der Waals surface area contributed by atoms with Crippen LogP contribution in [0.15, 0.2) is 23.0 Å². The molecule has 1 unspecified atom stereocenters. The molecule has 0 radical (unpaired) electrons. The largest absolute Gasteiger partial charge is 0.472 e. The van der Waals surface area contributed by atoms with Crippen LogP contribution in [0.25, 0.3) is 0 Å². The molecule has 2 nitrogen and oxygen atoms in total. The molecule has 0 spiro atoms. The Labute approximate surface area is 71.6 Å². The molecule has 0 aliphatic heterocycles. The molecule has 0 aliphatic carbocycles. The Kier molecular flexibility index (Phi) is 2.87. The number of rotatable bonds is 4. The van der Waals surface area contributed by atoms with Crippen molar-refractivity contribution in [3.8, 4) is 0 Å². The van der Waals surface area contributed by atoms with Crippen LogP contribution in [-0.4, -0.2) is 12.2 Å². The topological polar surface area (TPSA) is 39.2 Å². The monoisotopic (exact) mass is 171 g/mol. The molecule has 0 fully saturated rings. The second-order valence-electron chi connectivity index (χ2n) is 3.02. The van der Waals surface area contributed by atoms with Gasteiger partial charge in [-0.2, -0.15) is 0 Å². The van der Waals surface area contributed by atoms with Crippen molar-refractivity contribution in [3.63, 3.8) is 0 Å². The van der Waals surface area contributed by atoms with Crippen molar-refractivity contribution in [2.45, 2.75) is 25.4 Å². The third-order valence-corrected chi connectivity index (χ3v) is 2.10. The molecule has 1 aromatic rings. The molecule has 1 rings (SSSR count). The zero-order valence-electron chi connectivity index (χ0n) is 7.22. The smallest absolute Gasteiger partial charge is 0.127 e. The first-order chi connectivity index (χ1) is 5.70. The van der Waals surface area contributed by atoms with Crippen molar-refractivity contribution >= 4 is 0 Å². The van der Waals surface area contributed by atoms with E-state index in [4.69, 9.17) is 10.2 Å². The van der Waals surface area contributed by atoms with Gasteiger partial charge in [-0.15, -0.1) is 0 Å². The zero-order chi connectivity index (χ0) is 9.03. The first kappa shape index (κ1) is 9.26. The van der Waals surface area contributed by atoms with E-state index in [9.17, 15) is 4.39 Å². The Morgan fingerprint density at radius 3 is 2.83 bits per heavy atom. The molecule has 2 N–H and O–H groups in total. The molecule has 0 bridgehead atoms. The Bertz CT molecular complexity index is 216. The highest BCUT2D eigenvalue weighted by atomic mass is 19.1. The van der Waals surface area contributed by atoms with Crippen molar-refractivity contribution in [1.82, 2.24) is 0 Å². The minimum Gasteiger partial charge on any atom is -0.472 e. The summed E-state index contributed by atoms with van der Waals surface area (Å²) in [7, 11) is 0. The number of alkyl halides is 1. The third kappa shape index (κ3) is 2.08. The van der Waals surface area contributed by atoms with E-state index in [-0.39, 0.29) is 6.54 Å². The molecule has 3 heteroatoms. The summed E-state index contributed by atoms with van der Waals surface area (Å²) in [5.41, 5.74) is 4.92. The molecule has 12 heavy (non-hydrogen) atoms. The van der Waals surface area contributed by atoms with Gasteiger partial charge in [0.1, 0.15) is 5.67 Å². The quantitative estimate of drug-likeness (QED) is 0.751. The van der Waals surface area contributed by atoms with Gasteiger partial charge in [0.25, 0.3) is 0 Å². The van der Waals surface area contributed by atoms with Crippen LogP contribution < -0.4 is 5.73 Å². The lowest BCUT2D eigenvalue weighted by atomic mass is 9.95. The lowest BCUT2D eigenvalue weighted by Gasteiger charge is -2.20. The van der Waals surface area contributed by atoms with E-state index in [1.54, 1.807) is 25.5 Å². The third-order valence-electron chi connectivity index (χ3n) is 2.10. The number of halogens is 1. The van der Waals surface area contributed by atoms with Gasteiger partial charge >= 0.3 is 0 Å². The molecular weight excluding hydrogens is 157 g/mol. The average molecular weight is 171 g/mol. The first-order valence-corrected chi connectivity index (χ1v) is 4.10. The van der Waals surface area contributed by atoms with Crippen LogP contribution in [0, 0.1) is 0 Å². The van der Waals surface area contributed by atoms with Gasteiger partial charge < -0.3 is 10.2 Å². The predicted octanol–water partition coefficient (Wildman–Crippen LogP) is 1.90. The van der Waals surface area contributed by atoms with Crippen LogP contribution in [-0.2, 0) is 6.42 Å². The number of nitrogens with two attached hydrogens (primary N) is 1. The van der Waals surface area contributed by atoms with E-state index < -0.39 is 5.67 Å². The van der Waals surface area contributed by atoms with Gasteiger partial charge in [0.05, 0.1) is 12.5 Å². The maximum Gasteiger partial charge on any atom is 0.127 e. The molecular formula is C9H14FNO.